The van der Waals surface area contributed by atoms with Gasteiger partial charge in [0.2, 0.25) is 5.95 Å². The molecule has 2 aromatic rings. The van der Waals surface area contributed by atoms with Gasteiger partial charge in [0.1, 0.15) is 11.6 Å². The summed E-state index contributed by atoms with van der Waals surface area (Å²) < 4.78 is 0. The van der Waals surface area contributed by atoms with E-state index in [1.807, 2.05) is 0 Å². The number of rotatable bonds is 1. The predicted molar refractivity (Wildman–Crippen MR) is 76.9 cm³/mol. The van der Waals surface area contributed by atoms with E-state index in [0.717, 1.165) is 31.7 Å². The van der Waals surface area contributed by atoms with Crippen molar-refractivity contribution >= 4 is 17.6 Å². The average molecular weight is 255 g/mol. The van der Waals surface area contributed by atoms with E-state index in [-0.39, 0.29) is 5.95 Å². The van der Waals surface area contributed by atoms with E-state index in [4.69, 9.17) is 11.5 Å². The van der Waals surface area contributed by atoms with E-state index < -0.39 is 0 Å². The average Bonchev–Trinajstić information content (AvgIpc) is 2.60. The Balaban J connectivity index is 1.85. The van der Waals surface area contributed by atoms with Crippen molar-refractivity contribution in [3.8, 4) is 0 Å². The second kappa shape index (κ2) is 4.76. The number of hydrogen-bond donors (Lipinski definition) is 2. The molecule has 3 rings (SSSR count). The van der Waals surface area contributed by atoms with Crippen LogP contribution in [0.3, 0.4) is 0 Å². The molecule has 0 fully saturated rings. The van der Waals surface area contributed by atoms with E-state index in [9.17, 15) is 0 Å². The fourth-order valence-corrected chi connectivity index (χ4v) is 2.53. The number of nitrogens with two attached hydrogens (primary N) is 2. The van der Waals surface area contributed by atoms with Crippen LogP contribution in [0.1, 0.15) is 11.1 Å². The second-order valence-corrected chi connectivity index (χ2v) is 4.76. The van der Waals surface area contributed by atoms with Crippen LogP contribution in [0.4, 0.5) is 17.6 Å². The van der Waals surface area contributed by atoms with Gasteiger partial charge in [-0.15, -0.1) is 0 Å². The summed E-state index contributed by atoms with van der Waals surface area (Å²) in [5.74, 6) is 1.47. The number of aromatic nitrogens is 2. The van der Waals surface area contributed by atoms with Crippen LogP contribution in [-0.2, 0) is 12.8 Å². The van der Waals surface area contributed by atoms with Crippen molar-refractivity contribution in [3.63, 3.8) is 0 Å². The Morgan fingerprint density at radius 3 is 2.16 bits per heavy atom. The van der Waals surface area contributed by atoms with Gasteiger partial charge in [0.25, 0.3) is 0 Å². The summed E-state index contributed by atoms with van der Waals surface area (Å²) >= 11 is 0. The molecule has 4 N–H and O–H groups in total. The molecule has 0 bridgehead atoms. The zero-order valence-corrected chi connectivity index (χ0v) is 10.7. The molecule has 0 amide bonds. The van der Waals surface area contributed by atoms with Crippen molar-refractivity contribution in [1.82, 2.24) is 9.97 Å². The highest BCUT2D eigenvalue weighted by molar-refractivity contribution is 5.51. The molecule has 0 unspecified atom stereocenters. The number of benzene rings is 1. The lowest BCUT2D eigenvalue weighted by atomic mass is 10.0. The normalized spacial score (nSPS) is 14.8. The highest BCUT2D eigenvalue weighted by atomic mass is 15.2. The quantitative estimate of drug-likeness (QED) is 0.801. The molecule has 1 aromatic carbocycles. The van der Waals surface area contributed by atoms with Crippen molar-refractivity contribution in [3.05, 3.63) is 41.5 Å². The van der Waals surface area contributed by atoms with Gasteiger partial charge < -0.3 is 16.4 Å². The molecular weight excluding hydrogens is 238 g/mol. The number of fused-ring (bicyclic) bond motifs is 1. The lowest BCUT2D eigenvalue weighted by molar-refractivity contribution is 0.790. The van der Waals surface area contributed by atoms with Crippen molar-refractivity contribution in [2.75, 3.05) is 29.5 Å². The molecule has 0 spiro atoms. The summed E-state index contributed by atoms with van der Waals surface area (Å²) in [5.41, 5.74) is 14.2. The van der Waals surface area contributed by atoms with Crippen LogP contribution in [-0.4, -0.2) is 23.1 Å². The first-order valence-electron chi connectivity index (χ1n) is 6.44. The maximum absolute atomic E-state index is 5.73. The number of anilines is 3. The molecular formula is C14H17N5. The first-order valence-corrected chi connectivity index (χ1v) is 6.44. The van der Waals surface area contributed by atoms with Crippen LogP contribution in [0.15, 0.2) is 30.3 Å². The van der Waals surface area contributed by atoms with E-state index in [0.29, 0.717) is 5.82 Å². The van der Waals surface area contributed by atoms with Gasteiger partial charge in [0, 0.05) is 19.2 Å². The van der Waals surface area contributed by atoms with Gasteiger partial charge in [0.05, 0.1) is 0 Å². The molecule has 1 aliphatic heterocycles. The minimum Gasteiger partial charge on any atom is -0.383 e. The molecule has 0 saturated carbocycles. The van der Waals surface area contributed by atoms with Gasteiger partial charge >= 0.3 is 0 Å². The molecule has 19 heavy (non-hydrogen) atoms. The lowest BCUT2D eigenvalue weighted by Crippen LogP contribution is -2.27. The van der Waals surface area contributed by atoms with Crippen LogP contribution >= 0.6 is 0 Å². The van der Waals surface area contributed by atoms with E-state index in [1.54, 1.807) is 6.07 Å². The molecule has 1 aromatic heterocycles. The summed E-state index contributed by atoms with van der Waals surface area (Å²) in [7, 11) is 0. The zero-order valence-electron chi connectivity index (χ0n) is 10.7. The predicted octanol–water partition coefficient (Wildman–Crippen LogP) is 1.25. The zero-order chi connectivity index (χ0) is 13.2. The number of nitrogen functional groups attached to an aromatic ring is 2. The summed E-state index contributed by atoms with van der Waals surface area (Å²) in [6.45, 7) is 1.85. The molecule has 98 valence electrons. The van der Waals surface area contributed by atoms with Gasteiger partial charge in [-0.3, -0.25) is 0 Å². The van der Waals surface area contributed by atoms with Gasteiger partial charge in [-0.2, -0.15) is 9.97 Å². The topological polar surface area (TPSA) is 81.1 Å². The monoisotopic (exact) mass is 255 g/mol. The molecule has 5 nitrogen and oxygen atoms in total. The molecule has 5 heteroatoms. The van der Waals surface area contributed by atoms with E-state index in [2.05, 4.69) is 39.1 Å². The lowest BCUT2D eigenvalue weighted by Gasteiger charge is -2.21. The summed E-state index contributed by atoms with van der Waals surface area (Å²) in [6.07, 6.45) is 2.03. The minimum atomic E-state index is 0.233. The summed E-state index contributed by atoms with van der Waals surface area (Å²) in [5, 5.41) is 0. The van der Waals surface area contributed by atoms with Crippen LogP contribution in [0.25, 0.3) is 0 Å². The van der Waals surface area contributed by atoms with Crippen molar-refractivity contribution < 1.29 is 0 Å². The Morgan fingerprint density at radius 1 is 0.947 bits per heavy atom. The van der Waals surface area contributed by atoms with Gasteiger partial charge in [-0.1, -0.05) is 24.3 Å². The second-order valence-electron chi connectivity index (χ2n) is 4.76. The fraction of sp³-hybridized carbons (Fsp3) is 0.286. The Bertz CT molecular complexity index is 549. The SMILES string of the molecule is Nc1cc(N2CCc3ccccc3CC2)nc(N)n1. The third kappa shape index (κ3) is 2.45. The van der Waals surface area contributed by atoms with Crippen molar-refractivity contribution in [2.24, 2.45) is 0 Å². The Kier molecular flexibility index (Phi) is 2.95. The van der Waals surface area contributed by atoms with E-state index >= 15 is 0 Å². The molecule has 0 atom stereocenters. The van der Waals surface area contributed by atoms with Crippen molar-refractivity contribution in [2.45, 2.75) is 12.8 Å². The summed E-state index contributed by atoms with van der Waals surface area (Å²) in [6, 6.07) is 10.4. The molecule has 0 aliphatic carbocycles. The molecule has 0 saturated heterocycles. The molecule has 2 heterocycles. The maximum atomic E-state index is 5.73. The van der Waals surface area contributed by atoms with Crippen LogP contribution < -0.4 is 16.4 Å². The largest absolute Gasteiger partial charge is 0.383 e. The summed E-state index contributed by atoms with van der Waals surface area (Å²) in [4.78, 5) is 10.4. The maximum Gasteiger partial charge on any atom is 0.223 e. The standard InChI is InChI=1S/C14H17N5/c15-12-9-13(18-14(16)17-12)19-7-5-10-3-1-2-4-11(10)6-8-19/h1-4,9H,5-8H2,(H4,15,16,17,18). The van der Waals surface area contributed by atoms with Crippen molar-refractivity contribution in [1.29, 1.82) is 0 Å². The third-order valence-corrected chi connectivity index (χ3v) is 3.49. The van der Waals surface area contributed by atoms with Crippen LogP contribution in [0.2, 0.25) is 0 Å². The minimum absolute atomic E-state index is 0.233. The third-order valence-electron chi connectivity index (χ3n) is 3.49. The number of hydrogen-bond acceptors (Lipinski definition) is 5. The smallest absolute Gasteiger partial charge is 0.223 e. The Hall–Kier alpha value is -2.30. The molecule has 1 aliphatic rings. The molecule has 0 radical (unpaired) electrons. The highest BCUT2D eigenvalue weighted by Gasteiger charge is 2.15. The number of nitrogens with zero attached hydrogens (tertiary/aromatic N) is 3. The van der Waals surface area contributed by atoms with Crippen LogP contribution in [0.5, 0.6) is 0 Å². The first kappa shape index (κ1) is 11.8. The van der Waals surface area contributed by atoms with Gasteiger partial charge in [-0.25, -0.2) is 0 Å². The van der Waals surface area contributed by atoms with Gasteiger partial charge in [0.15, 0.2) is 0 Å². The van der Waals surface area contributed by atoms with Crippen LogP contribution in [0, 0.1) is 0 Å². The fourth-order valence-electron chi connectivity index (χ4n) is 2.53. The first-order chi connectivity index (χ1) is 9.22. The van der Waals surface area contributed by atoms with Gasteiger partial charge in [-0.05, 0) is 24.0 Å². The Labute approximate surface area is 112 Å². The van der Waals surface area contributed by atoms with E-state index in [1.165, 1.54) is 11.1 Å². The highest BCUT2D eigenvalue weighted by Crippen LogP contribution is 2.21. The Morgan fingerprint density at radius 2 is 1.58 bits per heavy atom.